The zero-order chi connectivity index (χ0) is 18.3. The monoisotopic (exact) mass is 363 g/mol. The van der Waals surface area contributed by atoms with Crippen LogP contribution in [0.5, 0.6) is 0 Å². The van der Waals surface area contributed by atoms with Gasteiger partial charge in [0.2, 0.25) is 15.9 Å². The fourth-order valence-corrected chi connectivity index (χ4v) is 4.38. The van der Waals surface area contributed by atoms with E-state index in [1.807, 2.05) is 6.07 Å². The second-order valence-corrected chi connectivity index (χ2v) is 8.27. The minimum atomic E-state index is -3.41. The van der Waals surface area contributed by atoms with Gasteiger partial charge >= 0.3 is 0 Å². The molecular formula is C18H25N3O3S. The number of carbonyl (C=O) groups is 1. The summed E-state index contributed by atoms with van der Waals surface area (Å²) in [6.45, 7) is 1.61. The largest absolute Gasteiger partial charge is 0.345 e. The lowest BCUT2D eigenvalue weighted by Gasteiger charge is -2.25. The first-order chi connectivity index (χ1) is 11.9. The molecule has 1 saturated heterocycles. The first-order valence-corrected chi connectivity index (χ1v) is 10.1. The lowest BCUT2D eigenvalue weighted by Crippen LogP contribution is -2.35. The average Bonchev–Trinajstić information content (AvgIpc) is 2.65. The number of hydrogen-bond acceptors (Lipinski definition) is 4. The molecule has 7 heteroatoms. The summed E-state index contributed by atoms with van der Waals surface area (Å²) in [4.78, 5) is 13.8. The van der Waals surface area contributed by atoms with Crippen LogP contribution in [0.15, 0.2) is 29.2 Å². The molecule has 6 nitrogen and oxygen atoms in total. The van der Waals surface area contributed by atoms with Crippen molar-refractivity contribution in [2.24, 2.45) is 0 Å². The van der Waals surface area contributed by atoms with E-state index in [4.69, 9.17) is 5.26 Å². The van der Waals surface area contributed by atoms with E-state index in [9.17, 15) is 13.2 Å². The summed E-state index contributed by atoms with van der Waals surface area (Å²) in [5, 5.41) is 8.55. The summed E-state index contributed by atoms with van der Waals surface area (Å²) in [7, 11) is -1.72. The molecule has 1 aliphatic heterocycles. The second kappa shape index (κ2) is 8.97. The van der Waals surface area contributed by atoms with Gasteiger partial charge in [-0.25, -0.2) is 8.42 Å². The Morgan fingerprint density at radius 3 is 2.44 bits per heavy atom. The first kappa shape index (κ1) is 19.4. The highest BCUT2D eigenvalue weighted by Gasteiger charge is 2.25. The zero-order valence-electron chi connectivity index (χ0n) is 14.6. The van der Waals surface area contributed by atoms with Crippen LogP contribution in [0, 0.1) is 11.3 Å². The Hall–Kier alpha value is -1.91. The van der Waals surface area contributed by atoms with Crippen molar-refractivity contribution in [2.45, 2.75) is 43.4 Å². The van der Waals surface area contributed by atoms with Gasteiger partial charge in [-0.3, -0.25) is 4.79 Å². The Balaban J connectivity index is 1.93. The number of rotatable bonds is 7. The molecule has 1 fully saturated rings. The van der Waals surface area contributed by atoms with Gasteiger partial charge in [0.05, 0.1) is 17.4 Å². The van der Waals surface area contributed by atoms with E-state index in [2.05, 4.69) is 0 Å². The lowest BCUT2D eigenvalue weighted by molar-refractivity contribution is -0.129. The Morgan fingerprint density at radius 2 is 1.84 bits per heavy atom. The predicted octanol–water partition coefficient (Wildman–Crippen LogP) is 2.17. The number of aryl methyl sites for hydroxylation is 1. The van der Waals surface area contributed by atoms with Gasteiger partial charge in [0.25, 0.3) is 0 Å². The molecule has 2 rings (SSSR count). The average molecular weight is 363 g/mol. The highest BCUT2D eigenvalue weighted by atomic mass is 32.2. The molecule has 0 radical (unpaired) electrons. The quantitative estimate of drug-likeness (QED) is 0.743. The van der Waals surface area contributed by atoms with Crippen molar-refractivity contribution >= 4 is 15.9 Å². The number of nitrogens with zero attached hydrogens (tertiary/aromatic N) is 3. The molecule has 0 unspecified atom stereocenters. The normalized spacial score (nSPS) is 15.5. The van der Waals surface area contributed by atoms with Crippen LogP contribution in [0.4, 0.5) is 0 Å². The molecule has 1 amide bonds. The Kier molecular flexibility index (Phi) is 6.97. The van der Waals surface area contributed by atoms with Crippen LogP contribution in [0.25, 0.3) is 0 Å². The van der Waals surface area contributed by atoms with Gasteiger partial charge in [-0.2, -0.15) is 9.57 Å². The zero-order valence-corrected chi connectivity index (χ0v) is 15.5. The number of benzene rings is 1. The third-order valence-corrected chi connectivity index (χ3v) is 6.40. The van der Waals surface area contributed by atoms with E-state index in [-0.39, 0.29) is 5.91 Å². The standard InChI is InChI=1S/C18H25N3O3S/c1-20(13-5-12-19)18(22)11-8-16-6-9-17(10-7-16)25(23,24)21-14-3-2-4-15-21/h6-7,9-10H,2-5,8,11,13-15H2,1H3. The molecule has 0 saturated carbocycles. The van der Waals surface area contributed by atoms with Crippen LogP contribution < -0.4 is 0 Å². The Morgan fingerprint density at radius 1 is 1.20 bits per heavy atom. The maximum absolute atomic E-state index is 12.6. The predicted molar refractivity (Wildman–Crippen MR) is 95.2 cm³/mol. The molecular weight excluding hydrogens is 338 g/mol. The Labute approximate surface area is 150 Å². The van der Waals surface area contributed by atoms with E-state index >= 15 is 0 Å². The van der Waals surface area contributed by atoms with Gasteiger partial charge in [-0.05, 0) is 37.0 Å². The highest BCUT2D eigenvalue weighted by Crippen LogP contribution is 2.21. The molecule has 0 aliphatic carbocycles. The van der Waals surface area contributed by atoms with Gasteiger partial charge in [0.15, 0.2) is 0 Å². The van der Waals surface area contributed by atoms with Gasteiger partial charge in [-0.15, -0.1) is 0 Å². The summed E-state index contributed by atoms with van der Waals surface area (Å²) in [6.07, 6.45) is 4.14. The molecule has 0 atom stereocenters. The van der Waals surface area contributed by atoms with Gasteiger partial charge in [-0.1, -0.05) is 18.6 Å². The molecule has 0 bridgehead atoms. The van der Waals surface area contributed by atoms with E-state index in [1.54, 1.807) is 40.5 Å². The summed E-state index contributed by atoms with van der Waals surface area (Å²) in [6, 6.07) is 8.83. The summed E-state index contributed by atoms with van der Waals surface area (Å²) >= 11 is 0. The van der Waals surface area contributed by atoms with Crippen LogP contribution in [0.3, 0.4) is 0 Å². The van der Waals surface area contributed by atoms with Crippen molar-refractivity contribution in [3.8, 4) is 6.07 Å². The maximum atomic E-state index is 12.6. The maximum Gasteiger partial charge on any atom is 0.243 e. The van der Waals surface area contributed by atoms with E-state index < -0.39 is 10.0 Å². The minimum Gasteiger partial charge on any atom is -0.345 e. The van der Waals surface area contributed by atoms with Crippen molar-refractivity contribution < 1.29 is 13.2 Å². The van der Waals surface area contributed by atoms with Crippen LogP contribution in [0.2, 0.25) is 0 Å². The highest BCUT2D eigenvalue weighted by molar-refractivity contribution is 7.89. The third kappa shape index (κ3) is 5.28. The van der Waals surface area contributed by atoms with Crippen molar-refractivity contribution in [3.63, 3.8) is 0 Å². The molecule has 25 heavy (non-hydrogen) atoms. The SMILES string of the molecule is CN(CCC#N)C(=O)CCc1ccc(S(=O)(=O)N2CCCCC2)cc1. The van der Waals surface area contributed by atoms with Crippen LogP contribution >= 0.6 is 0 Å². The van der Waals surface area contributed by atoms with Crippen molar-refractivity contribution in [1.29, 1.82) is 5.26 Å². The minimum absolute atomic E-state index is 0.0136. The van der Waals surface area contributed by atoms with Crippen molar-refractivity contribution in [2.75, 3.05) is 26.7 Å². The molecule has 1 aromatic carbocycles. The number of hydrogen-bond donors (Lipinski definition) is 0. The van der Waals surface area contributed by atoms with E-state index in [0.29, 0.717) is 43.8 Å². The van der Waals surface area contributed by atoms with Crippen molar-refractivity contribution in [1.82, 2.24) is 9.21 Å². The number of sulfonamides is 1. The number of carbonyl (C=O) groups excluding carboxylic acids is 1. The second-order valence-electron chi connectivity index (χ2n) is 6.33. The molecule has 0 spiro atoms. The lowest BCUT2D eigenvalue weighted by atomic mass is 10.1. The first-order valence-electron chi connectivity index (χ1n) is 8.65. The van der Waals surface area contributed by atoms with Crippen LogP contribution in [0.1, 0.15) is 37.7 Å². The number of nitriles is 1. The summed E-state index contributed by atoms with van der Waals surface area (Å²) < 4.78 is 26.7. The van der Waals surface area contributed by atoms with E-state index in [0.717, 1.165) is 24.8 Å². The van der Waals surface area contributed by atoms with E-state index in [1.165, 1.54) is 0 Å². The van der Waals surface area contributed by atoms with Crippen LogP contribution in [-0.2, 0) is 21.2 Å². The third-order valence-electron chi connectivity index (χ3n) is 4.49. The molecule has 1 heterocycles. The summed E-state index contributed by atoms with van der Waals surface area (Å²) in [5.74, 6) is -0.0136. The molecule has 0 N–H and O–H groups in total. The fraction of sp³-hybridized carbons (Fsp3) is 0.556. The van der Waals surface area contributed by atoms with Crippen LogP contribution in [-0.4, -0.2) is 50.2 Å². The molecule has 136 valence electrons. The fourth-order valence-electron chi connectivity index (χ4n) is 2.87. The summed E-state index contributed by atoms with van der Waals surface area (Å²) in [5.41, 5.74) is 0.930. The number of piperidine rings is 1. The molecule has 1 aromatic rings. The number of amides is 1. The Bertz CT molecular complexity index is 717. The van der Waals surface area contributed by atoms with Gasteiger partial charge < -0.3 is 4.90 Å². The van der Waals surface area contributed by atoms with Gasteiger partial charge in [0.1, 0.15) is 0 Å². The smallest absolute Gasteiger partial charge is 0.243 e. The topological polar surface area (TPSA) is 81.5 Å². The van der Waals surface area contributed by atoms with Gasteiger partial charge in [0, 0.05) is 33.1 Å². The van der Waals surface area contributed by atoms with Crippen molar-refractivity contribution in [3.05, 3.63) is 29.8 Å². The molecule has 0 aromatic heterocycles. The molecule has 1 aliphatic rings.